The topological polar surface area (TPSA) is 36.9 Å². The minimum absolute atomic E-state index is 0.0187. The highest BCUT2D eigenvalue weighted by Crippen LogP contribution is 2.14. The molecule has 0 aromatic rings. The molecule has 0 aliphatic heterocycles. The standard InChI is InChI=1S/C31H62O4/c1-4-7-10-11-20-23-26-32-30-33-27-24-21-18-16-14-12-13-15-17-19-22-25-31(34-28-8-5-2)35-29-9-6-3/h24,27,31H,4-23,25-26,28-30H2,1-3H3. The van der Waals surface area contributed by atoms with Crippen molar-refractivity contribution in [1.82, 2.24) is 0 Å². The molecule has 0 atom stereocenters. The Bertz CT molecular complexity index is 389. The van der Waals surface area contributed by atoms with Crippen LogP contribution in [-0.4, -0.2) is 32.9 Å². The minimum Gasteiger partial charge on any atom is -0.475 e. The van der Waals surface area contributed by atoms with Gasteiger partial charge in [-0.15, -0.1) is 0 Å². The van der Waals surface area contributed by atoms with Gasteiger partial charge in [-0.3, -0.25) is 0 Å². The third-order valence-corrected chi connectivity index (χ3v) is 6.40. The highest BCUT2D eigenvalue weighted by molar-refractivity contribution is 4.72. The lowest BCUT2D eigenvalue weighted by molar-refractivity contribution is -0.147. The van der Waals surface area contributed by atoms with Gasteiger partial charge in [0.15, 0.2) is 13.1 Å². The molecule has 0 saturated heterocycles. The van der Waals surface area contributed by atoms with E-state index < -0.39 is 0 Å². The van der Waals surface area contributed by atoms with Crippen LogP contribution in [0.15, 0.2) is 12.3 Å². The maximum atomic E-state index is 5.93. The van der Waals surface area contributed by atoms with Crippen molar-refractivity contribution in [3.8, 4) is 0 Å². The van der Waals surface area contributed by atoms with Crippen LogP contribution in [0.4, 0.5) is 0 Å². The summed E-state index contributed by atoms with van der Waals surface area (Å²) in [5, 5.41) is 0. The number of unbranched alkanes of at least 4 members (excludes halogenated alkanes) is 16. The lowest BCUT2D eigenvalue weighted by Gasteiger charge is -2.18. The van der Waals surface area contributed by atoms with Gasteiger partial charge in [-0.2, -0.15) is 0 Å². The first-order chi connectivity index (χ1) is 17.3. The Labute approximate surface area is 219 Å². The molecule has 4 heteroatoms. The van der Waals surface area contributed by atoms with Crippen molar-refractivity contribution in [2.75, 3.05) is 26.6 Å². The normalized spacial score (nSPS) is 11.8. The van der Waals surface area contributed by atoms with E-state index in [0.29, 0.717) is 6.79 Å². The molecule has 0 aromatic heterocycles. The van der Waals surface area contributed by atoms with E-state index in [4.69, 9.17) is 18.9 Å². The molecule has 0 spiro atoms. The molecule has 35 heavy (non-hydrogen) atoms. The van der Waals surface area contributed by atoms with Crippen molar-refractivity contribution in [1.29, 1.82) is 0 Å². The third kappa shape index (κ3) is 29.5. The Morgan fingerprint density at radius 2 is 1.03 bits per heavy atom. The molecule has 0 fully saturated rings. The van der Waals surface area contributed by atoms with Gasteiger partial charge in [0.25, 0.3) is 0 Å². The quantitative estimate of drug-likeness (QED) is 0.0560. The Morgan fingerprint density at radius 3 is 1.63 bits per heavy atom. The Kier molecular flexibility index (Phi) is 30.9. The van der Waals surface area contributed by atoms with E-state index in [0.717, 1.165) is 51.9 Å². The Balaban J connectivity index is 3.34. The van der Waals surface area contributed by atoms with Crippen LogP contribution in [0.5, 0.6) is 0 Å². The summed E-state index contributed by atoms with van der Waals surface area (Å²) in [6.07, 6.45) is 30.5. The van der Waals surface area contributed by atoms with Crippen LogP contribution in [-0.2, 0) is 18.9 Å². The second-order valence-corrected chi connectivity index (χ2v) is 9.97. The lowest BCUT2D eigenvalue weighted by Crippen LogP contribution is -2.18. The highest BCUT2D eigenvalue weighted by atomic mass is 16.7. The van der Waals surface area contributed by atoms with E-state index >= 15 is 0 Å². The van der Waals surface area contributed by atoms with Crippen molar-refractivity contribution in [3.63, 3.8) is 0 Å². The maximum Gasteiger partial charge on any atom is 0.188 e. The maximum absolute atomic E-state index is 5.93. The predicted molar refractivity (Wildman–Crippen MR) is 151 cm³/mol. The smallest absolute Gasteiger partial charge is 0.188 e. The molecule has 0 aliphatic carbocycles. The van der Waals surface area contributed by atoms with E-state index in [1.807, 2.05) is 6.26 Å². The number of hydrogen-bond donors (Lipinski definition) is 0. The van der Waals surface area contributed by atoms with Gasteiger partial charge in [-0.1, -0.05) is 111 Å². The fourth-order valence-electron chi connectivity index (χ4n) is 4.01. The zero-order valence-electron chi connectivity index (χ0n) is 24.0. The summed E-state index contributed by atoms with van der Waals surface area (Å²) in [6, 6.07) is 0. The summed E-state index contributed by atoms with van der Waals surface area (Å²) >= 11 is 0. The van der Waals surface area contributed by atoms with Gasteiger partial charge < -0.3 is 18.9 Å². The molecular weight excluding hydrogens is 436 g/mol. The van der Waals surface area contributed by atoms with Gasteiger partial charge in [0.05, 0.1) is 12.9 Å². The molecule has 210 valence electrons. The monoisotopic (exact) mass is 498 g/mol. The minimum atomic E-state index is 0.0187. The van der Waals surface area contributed by atoms with Gasteiger partial charge in [0.1, 0.15) is 0 Å². The molecule has 0 N–H and O–H groups in total. The summed E-state index contributed by atoms with van der Waals surface area (Å²) in [7, 11) is 0. The number of hydrogen-bond acceptors (Lipinski definition) is 4. The molecule has 0 saturated carbocycles. The zero-order valence-corrected chi connectivity index (χ0v) is 24.0. The largest absolute Gasteiger partial charge is 0.475 e. The first-order valence-electron chi connectivity index (χ1n) is 15.4. The molecule has 0 rings (SSSR count). The predicted octanol–water partition coefficient (Wildman–Crippen LogP) is 10.1. The Morgan fingerprint density at radius 1 is 0.514 bits per heavy atom. The van der Waals surface area contributed by atoms with Crippen molar-refractivity contribution in [2.24, 2.45) is 0 Å². The summed E-state index contributed by atoms with van der Waals surface area (Å²) < 4.78 is 22.8. The van der Waals surface area contributed by atoms with Gasteiger partial charge >= 0.3 is 0 Å². The number of ether oxygens (including phenoxy) is 4. The molecule has 4 nitrogen and oxygen atoms in total. The lowest BCUT2D eigenvalue weighted by atomic mass is 10.1. The van der Waals surface area contributed by atoms with Crippen LogP contribution in [0.2, 0.25) is 0 Å². The summed E-state index contributed by atoms with van der Waals surface area (Å²) in [5.74, 6) is 0. The average molecular weight is 499 g/mol. The van der Waals surface area contributed by atoms with Gasteiger partial charge in [-0.25, -0.2) is 0 Å². The fourth-order valence-corrected chi connectivity index (χ4v) is 4.01. The fraction of sp³-hybridized carbons (Fsp3) is 0.935. The molecule has 0 amide bonds. The first kappa shape index (κ1) is 34.4. The van der Waals surface area contributed by atoms with E-state index in [-0.39, 0.29) is 6.29 Å². The van der Waals surface area contributed by atoms with Crippen molar-refractivity contribution >= 4 is 0 Å². The molecule has 0 aromatic carbocycles. The molecule has 0 aliphatic rings. The van der Waals surface area contributed by atoms with E-state index in [9.17, 15) is 0 Å². The van der Waals surface area contributed by atoms with Crippen LogP contribution in [0.1, 0.15) is 156 Å². The van der Waals surface area contributed by atoms with Crippen LogP contribution in [0.3, 0.4) is 0 Å². The number of allylic oxidation sites excluding steroid dienone is 1. The van der Waals surface area contributed by atoms with Crippen LogP contribution in [0.25, 0.3) is 0 Å². The summed E-state index contributed by atoms with van der Waals surface area (Å²) in [4.78, 5) is 0. The SMILES string of the molecule is CCCCCCCCOCOC=CCCCCCCCCCCCC(OCCCC)OCCCC. The molecule has 0 bridgehead atoms. The number of rotatable bonds is 30. The second kappa shape index (κ2) is 31.4. The van der Waals surface area contributed by atoms with Crippen molar-refractivity contribution in [3.05, 3.63) is 12.3 Å². The van der Waals surface area contributed by atoms with Crippen LogP contribution < -0.4 is 0 Å². The molecular formula is C31H62O4. The van der Waals surface area contributed by atoms with E-state index in [1.54, 1.807) is 0 Å². The third-order valence-electron chi connectivity index (χ3n) is 6.40. The van der Waals surface area contributed by atoms with Crippen LogP contribution in [0, 0.1) is 0 Å². The molecule has 0 radical (unpaired) electrons. The van der Waals surface area contributed by atoms with Crippen LogP contribution >= 0.6 is 0 Å². The Hall–Kier alpha value is -0.580. The summed E-state index contributed by atoms with van der Waals surface area (Å²) in [5.41, 5.74) is 0. The molecule has 0 unspecified atom stereocenters. The van der Waals surface area contributed by atoms with E-state index in [2.05, 4.69) is 26.8 Å². The summed E-state index contributed by atoms with van der Waals surface area (Å²) in [6.45, 7) is 9.56. The van der Waals surface area contributed by atoms with Gasteiger partial charge in [-0.05, 0) is 51.0 Å². The zero-order chi connectivity index (χ0) is 25.5. The van der Waals surface area contributed by atoms with Crippen molar-refractivity contribution in [2.45, 2.75) is 162 Å². The van der Waals surface area contributed by atoms with Crippen molar-refractivity contribution < 1.29 is 18.9 Å². The van der Waals surface area contributed by atoms with E-state index in [1.165, 1.54) is 103 Å². The second-order valence-electron chi connectivity index (χ2n) is 9.97. The first-order valence-corrected chi connectivity index (χ1v) is 15.4. The average Bonchev–Trinajstić information content (AvgIpc) is 2.87. The highest BCUT2D eigenvalue weighted by Gasteiger charge is 2.08. The van der Waals surface area contributed by atoms with Gasteiger partial charge in [0, 0.05) is 13.2 Å². The molecule has 0 heterocycles. The van der Waals surface area contributed by atoms with Gasteiger partial charge in [0.2, 0.25) is 0 Å².